The molecule has 0 saturated heterocycles. The zero-order chi connectivity index (χ0) is 21.3. The van der Waals surface area contributed by atoms with E-state index >= 15 is 0 Å². The van der Waals surface area contributed by atoms with Crippen molar-refractivity contribution in [2.24, 2.45) is 0 Å². The largest absolute Gasteiger partial charge is 0.351 e. The second-order valence-corrected chi connectivity index (χ2v) is 7.13. The first-order valence-corrected chi connectivity index (χ1v) is 10.1. The van der Waals surface area contributed by atoms with E-state index in [1.54, 1.807) is 24.3 Å². The number of nitrogens with one attached hydrogen (secondary N) is 2. The maximum absolute atomic E-state index is 12.5. The Morgan fingerprint density at radius 3 is 1.97 bits per heavy atom. The van der Waals surface area contributed by atoms with Gasteiger partial charge in [-0.2, -0.15) is 0 Å². The summed E-state index contributed by atoms with van der Waals surface area (Å²) >= 11 is 0. The predicted molar refractivity (Wildman–Crippen MR) is 122 cm³/mol. The van der Waals surface area contributed by atoms with Crippen LogP contribution in [0.15, 0.2) is 78.9 Å². The molecule has 0 aromatic heterocycles. The molecule has 0 bridgehead atoms. The summed E-state index contributed by atoms with van der Waals surface area (Å²) in [7, 11) is 2.01. The van der Waals surface area contributed by atoms with Crippen molar-refractivity contribution < 1.29 is 9.59 Å². The fraction of sp³-hybridized carbons (Fsp3) is 0.200. The molecule has 154 valence electrons. The highest BCUT2D eigenvalue weighted by Crippen LogP contribution is 2.20. The monoisotopic (exact) mass is 401 g/mol. The van der Waals surface area contributed by atoms with E-state index in [4.69, 9.17) is 0 Å². The van der Waals surface area contributed by atoms with Gasteiger partial charge in [-0.15, -0.1) is 0 Å². The van der Waals surface area contributed by atoms with Crippen LogP contribution in [-0.4, -0.2) is 43.4 Å². The number of carbonyl (C=O) groups excluding carboxylic acids is 2. The van der Waals surface area contributed by atoms with Crippen LogP contribution >= 0.6 is 0 Å². The first-order valence-electron chi connectivity index (χ1n) is 10.1. The van der Waals surface area contributed by atoms with Gasteiger partial charge in [-0.25, -0.2) is 0 Å². The molecule has 5 heteroatoms. The van der Waals surface area contributed by atoms with Gasteiger partial charge in [0.1, 0.15) is 0 Å². The van der Waals surface area contributed by atoms with Gasteiger partial charge in [0.15, 0.2) is 0 Å². The van der Waals surface area contributed by atoms with E-state index in [2.05, 4.69) is 22.5 Å². The van der Waals surface area contributed by atoms with Gasteiger partial charge in [0.2, 0.25) is 0 Å². The highest BCUT2D eigenvalue weighted by atomic mass is 16.2. The van der Waals surface area contributed by atoms with Crippen molar-refractivity contribution in [2.45, 2.75) is 6.92 Å². The highest BCUT2D eigenvalue weighted by molar-refractivity contribution is 6.04. The molecule has 5 nitrogen and oxygen atoms in total. The van der Waals surface area contributed by atoms with Crippen LogP contribution in [0.5, 0.6) is 0 Å². The molecule has 3 rings (SSSR count). The zero-order valence-electron chi connectivity index (χ0n) is 17.4. The van der Waals surface area contributed by atoms with Crippen LogP contribution in [0.2, 0.25) is 0 Å². The van der Waals surface area contributed by atoms with Crippen molar-refractivity contribution in [1.82, 2.24) is 10.2 Å². The molecule has 0 unspecified atom stereocenters. The summed E-state index contributed by atoms with van der Waals surface area (Å²) in [6.07, 6.45) is 0. The fourth-order valence-electron chi connectivity index (χ4n) is 2.97. The molecule has 2 amide bonds. The number of amides is 2. The number of likely N-dealkylation sites (N-methyl/N-ethyl adjacent to an activating group) is 1. The van der Waals surface area contributed by atoms with E-state index < -0.39 is 0 Å². The normalized spacial score (nSPS) is 10.6. The molecule has 0 aliphatic carbocycles. The van der Waals surface area contributed by atoms with Crippen molar-refractivity contribution >= 4 is 17.5 Å². The summed E-state index contributed by atoms with van der Waals surface area (Å²) in [6, 6.07) is 24.4. The summed E-state index contributed by atoms with van der Waals surface area (Å²) in [5.74, 6) is -0.303. The Morgan fingerprint density at radius 2 is 1.33 bits per heavy atom. The summed E-state index contributed by atoms with van der Waals surface area (Å²) in [6.45, 7) is 4.42. The third kappa shape index (κ3) is 5.78. The number of rotatable bonds is 8. The lowest BCUT2D eigenvalue weighted by atomic mass is 10.0. The minimum atomic E-state index is -0.186. The van der Waals surface area contributed by atoms with E-state index in [1.807, 2.05) is 61.6 Å². The summed E-state index contributed by atoms with van der Waals surface area (Å²) in [5, 5.41) is 5.77. The van der Waals surface area contributed by atoms with Gasteiger partial charge in [-0.1, -0.05) is 49.4 Å². The number of anilines is 1. The van der Waals surface area contributed by atoms with Gasteiger partial charge in [-0.05, 0) is 61.1 Å². The van der Waals surface area contributed by atoms with Crippen LogP contribution in [0.4, 0.5) is 5.69 Å². The van der Waals surface area contributed by atoms with E-state index in [0.29, 0.717) is 23.4 Å². The van der Waals surface area contributed by atoms with Crippen molar-refractivity contribution in [1.29, 1.82) is 0 Å². The Labute approximate surface area is 177 Å². The third-order valence-corrected chi connectivity index (χ3v) is 4.98. The molecule has 0 aliphatic rings. The third-order valence-electron chi connectivity index (χ3n) is 4.98. The first-order chi connectivity index (χ1) is 14.6. The number of hydrogen-bond donors (Lipinski definition) is 2. The highest BCUT2D eigenvalue weighted by Gasteiger charge is 2.09. The van der Waals surface area contributed by atoms with Gasteiger partial charge in [0, 0.05) is 29.9 Å². The Balaban J connectivity index is 1.56. The topological polar surface area (TPSA) is 61.4 Å². The van der Waals surface area contributed by atoms with Crippen molar-refractivity contribution in [3.8, 4) is 11.1 Å². The van der Waals surface area contributed by atoms with Gasteiger partial charge in [0.25, 0.3) is 11.8 Å². The molecular formula is C25H27N3O2. The van der Waals surface area contributed by atoms with Crippen LogP contribution in [0.1, 0.15) is 27.6 Å². The second-order valence-electron chi connectivity index (χ2n) is 7.13. The molecule has 0 atom stereocenters. The second kappa shape index (κ2) is 10.4. The summed E-state index contributed by atoms with van der Waals surface area (Å²) in [5.41, 5.74) is 3.97. The van der Waals surface area contributed by atoms with E-state index in [0.717, 1.165) is 24.2 Å². The zero-order valence-corrected chi connectivity index (χ0v) is 17.4. The van der Waals surface area contributed by atoms with Gasteiger partial charge >= 0.3 is 0 Å². The van der Waals surface area contributed by atoms with E-state index in [-0.39, 0.29) is 11.8 Å². The summed E-state index contributed by atoms with van der Waals surface area (Å²) in [4.78, 5) is 26.9. The van der Waals surface area contributed by atoms with Crippen LogP contribution in [0.3, 0.4) is 0 Å². The Hall–Kier alpha value is -3.44. The predicted octanol–water partition coefficient (Wildman–Crippen LogP) is 4.29. The Morgan fingerprint density at radius 1 is 0.767 bits per heavy atom. The molecule has 0 heterocycles. The van der Waals surface area contributed by atoms with Crippen molar-refractivity contribution in [3.63, 3.8) is 0 Å². The number of benzene rings is 3. The molecule has 3 aromatic carbocycles. The standard InChI is InChI=1S/C25H27N3O2/c1-3-28(2)18-17-26-24(29)21-13-15-23(16-14-21)27-25(30)22-11-9-20(10-12-22)19-7-5-4-6-8-19/h4-16H,3,17-18H2,1-2H3,(H,26,29)(H,27,30). The lowest BCUT2D eigenvalue weighted by Gasteiger charge is -2.14. The molecular weight excluding hydrogens is 374 g/mol. The quantitative estimate of drug-likeness (QED) is 0.592. The average molecular weight is 402 g/mol. The molecule has 2 N–H and O–H groups in total. The number of hydrogen-bond acceptors (Lipinski definition) is 3. The molecule has 0 aliphatic heterocycles. The SMILES string of the molecule is CCN(C)CCNC(=O)c1ccc(NC(=O)c2ccc(-c3ccccc3)cc2)cc1. The van der Waals surface area contributed by atoms with E-state index in [9.17, 15) is 9.59 Å². The summed E-state index contributed by atoms with van der Waals surface area (Å²) < 4.78 is 0. The van der Waals surface area contributed by atoms with Crippen molar-refractivity contribution in [3.05, 3.63) is 90.0 Å². The maximum Gasteiger partial charge on any atom is 0.255 e. The molecule has 0 radical (unpaired) electrons. The Kier molecular flexibility index (Phi) is 7.35. The Bertz CT molecular complexity index is 968. The van der Waals surface area contributed by atoms with Gasteiger partial charge in [-0.3, -0.25) is 9.59 Å². The van der Waals surface area contributed by atoms with Gasteiger partial charge < -0.3 is 15.5 Å². The lowest BCUT2D eigenvalue weighted by molar-refractivity contribution is 0.0949. The van der Waals surface area contributed by atoms with Crippen LogP contribution in [0.25, 0.3) is 11.1 Å². The van der Waals surface area contributed by atoms with Gasteiger partial charge in [0.05, 0.1) is 0 Å². The molecule has 3 aromatic rings. The molecule has 30 heavy (non-hydrogen) atoms. The lowest BCUT2D eigenvalue weighted by Crippen LogP contribution is -2.32. The minimum absolute atomic E-state index is 0.117. The van der Waals surface area contributed by atoms with E-state index in [1.165, 1.54) is 0 Å². The minimum Gasteiger partial charge on any atom is -0.351 e. The smallest absolute Gasteiger partial charge is 0.255 e. The fourth-order valence-corrected chi connectivity index (χ4v) is 2.97. The van der Waals surface area contributed by atoms with Crippen LogP contribution in [0, 0.1) is 0 Å². The number of carbonyl (C=O) groups is 2. The molecule has 0 fully saturated rings. The first kappa shape index (κ1) is 21.3. The van der Waals surface area contributed by atoms with Crippen LogP contribution < -0.4 is 10.6 Å². The average Bonchev–Trinajstić information content (AvgIpc) is 2.80. The van der Waals surface area contributed by atoms with Crippen LogP contribution in [-0.2, 0) is 0 Å². The molecule has 0 saturated carbocycles. The maximum atomic E-state index is 12.5. The van der Waals surface area contributed by atoms with Crippen molar-refractivity contribution in [2.75, 3.05) is 32.0 Å². The molecule has 0 spiro atoms. The number of nitrogens with zero attached hydrogens (tertiary/aromatic N) is 1.